The van der Waals surface area contributed by atoms with Crippen molar-refractivity contribution in [3.63, 3.8) is 0 Å². The first-order chi connectivity index (χ1) is 11.3. The van der Waals surface area contributed by atoms with Crippen molar-refractivity contribution in [3.05, 3.63) is 0 Å². The highest BCUT2D eigenvalue weighted by Crippen LogP contribution is 2.53. The van der Waals surface area contributed by atoms with Crippen LogP contribution in [-0.2, 0) is 24.4 Å². The van der Waals surface area contributed by atoms with E-state index in [1.807, 2.05) is 0 Å². The van der Waals surface area contributed by atoms with E-state index in [-0.39, 0.29) is 35.6 Å². The summed E-state index contributed by atoms with van der Waals surface area (Å²) in [6, 6.07) is 0. The number of hydrogen-bond acceptors (Lipinski definition) is 5. The lowest BCUT2D eigenvalue weighted by Crippen LogP contribution is -2.55. The predicted octanol–water partition coefficient (Wildman–Crippen LogP) is 1.98. The Labute approximate surface area is 142 Å². The van der Waals surface area contributed by atoms with Crippen LogP contribution in [0.15, 0.2) is 0 Å². The van der Waals surface area contributed by atoms with Gasteiger partial charge in [0.15, 0.2) is 0 Å². The molecule has 0 aromatic rings. The molecule has 0 radical (unpaired) electrons. The molecule has 5 fully saturated rings. The van der Waals surface area contributed by atoms with Crippen molar-refractivity contribution >= 4 is 21.9 Å². The first-order valence-corrected chi connectivity index (χ1v) is 10.5. The number of carbonyl (C=O) groups excluding carboxylic acids is 2. The number of rotatable bonds is 3. The van der Waals surface area contributed by atoms with E-state index in [1.165, 1.54) is 0 Å². The topological polar surface area (TPSA) is 97.7 Å². The number of esters is 1. The van der Waals surface area contributed by atoms with Crippen molar-refractivity contribution in [2.45, 2.75) is 62.7 Å². The molecule has 5 aliphatic carbocycles. The SMILES string of the molecule is O=C(OC1C2CC3CC(C2)C(=O)C1C3)C1CCC(S(=O)(=O)O)CC1. The number of Topliss-reactive ketones (excluding diaryl/α,β-unsaturated/α-hetero) is 1. The van der Waals surface area contributed by atoms with Gasteiger partial charge in [0.05, 0.1) is 17.1 Å². The Morgan fingerprint density at radius 3 is 2.42 bits per heavy atom. The Kier molecular flexibility index (Phi) is 3.99. The van der Waals surface area contributed by atoms with Crippen molar-refractivity contribution in [3.8, 4) is 0 Å². The van der Waals surface area contributed by atoms with Crippen molar-refractivity contribution in [2.75, 3.05) is 0 Å². The highest BCUT2D eigenvalue weighted by atomic mass is 32.2. The molecular formula is C17H24O6S. The maximum atomic E-state index is 12.5. The molecule has 5 saturated carbocycles. The summed E-state index contributed by atoms with van der Waals surface area (Å²) >= 11 is 0. The van der Waals surface area contributed by atoms with Gasteiger partial charge in [-0.05, 0) is 63.2 Å². The summed E-state index contributed by atoms with van der Waals surface area (Å²) in [5, 5.41) is -0.760. The molecule has 5 aliphatic rings. The lowest BCUT2D eigenvalue weighted by molar-refractivity contribution is -0.179. The molecule has 0 amide bonds. The van der Waals surface area contributed by atoms with Crippen molar-refractivity contribution in [2.24, 2.45) is 29.6 Å². The minimum absolute atomic E-state index is 0.112. The Balaban J connectivity index is 1.38. The van der Waals surface area contributed by atoms with Gasteiger partial charge in [0.25, 0.3) is 10.1 Å². The summed E-state index contributed by atoms with van der Waals surface area (Å²) in [4.78, 5) is 24.9. The van der Waals surface area contributed by atoms with Crippen molar-refractivity contribution in [1.29, 1.82) is 0 Å². The molecular weight excluding hydrogens is 332 g/mol. The van der Waals surface area contributed by atoms with Gasteiger partial charge in [0.2, 0.25) is 0 Å². The quantitative estimate of drug-likeness (QED) is 0.613. The van der Waals surface area contributed by atoms with Crippen LogP contribution < -0.4 is 0 Å². The van der Waals surface area contributed by atoms with E-state index in [9.17, 15) is 18.0 Å². The Hall–Kier alpha value is -0.950. The zero-order valence-electron chi connectivity index (χ0n) is 13.6. The van der Waals surface area contributed by atoms with Crippen molar-refractivity contribution in [1.82, 2.24) is 0 Å². The number of ketones is 1. The molecule has 0 heterocycles. The van der Waals surface area contributed by atoms with E-state index in [0.717, 1.165) is 25.7 Å². The lowest BCUT2D eigenvalue weighted by atomic mass is 9.54. The fourth-order valence-electron chi connectivity index (χ4n) is 5.59. The standard InChI is InChI=1S/C17H24O6S/c18-15-11-5-9-6-12(8-11)16(14(15)7-9)23-17(19)10-1-3-13(4-2-10)24(20,21)22/h9-14,16H,1-8H2,(H,20,21,22). The fraction of sp³-hybridized carbons (Fsp3) is 0.882. The van der Waals surface area contributed by atoms with E-state index >= 15 is 0 Å². The van der Waals surface area contributed by atoms with Crippen LogP contribution in [0, 0.1) is 29.6 Å². The van der Waals surface area contributed by atoms with Crippen LogP contribution >= 0.6 is 0 Å². The number of carbonyl (C=O) groups is 2. The minimum Gasteiger partial charge on any atom is -0.461 e. The molecule has 0 saturated heterocycles. The van der Waals surface area contributed by atoms with Crippen LogP contribution in [0.1, 0.15) is 51.4 Å². The van der Waals surface area contributed by atoms with Crippen LogP contribution in [-0.4, -0.2) is 36.1 Å². The third-order valence-electron chi connectivity index (χ3n) is 6.74. The Bertz CT molecular complexity index is 648. The van der Waals surface area contributed by atoms with Crippen LogP contribution in [0.3, 0.4) is 0 Å². The van der Waals surface area contributed by atoms with Gasteiger partial charge in [-0.1, -0.05) is 0 Å². The molecule has 1 N–H and O–H groups in total. The van der Waals surface area contributed by atoms with E-state index < -0.39 is 15.4 Å². The zero-order valence-corrected chi connectivity index (χ0v) is 14.4. The molecule has 0 aromatic heterocycles. The molecule has 0 aliphatic heterocycles. The summed E-state index contributed by atoms with van der Waals surface area (Å²) in [5.41, 5.74) is 0. The van der Waals surface area contributed by atoms with Gasteiger partial charge in [0.1, 0.15) is 11.9 Å². The molecule has 6 nitrogen and oxygen atoms in total. The summed E-state index contributed by atoms with van der Waals surface area (Å²) in [7, 11) is -4.02. The average Bonchev–Trinajstić information content (AvgIpc) is 2.54. The predicted molar refractivity (Wildman–Crippen MR) is 84.6 cm³/mol. The summed E-state index contributed by atoms with van der Waals surface area (Å²) in [6.45, 7) is 0. The fourth-order valence-corrected chi connectivity index (χ4v) is 6.45. The second kappa shape index (κ2) is 5.80. The van der Waals surface area contributed by atoms with E-state index in [1.54, 1.807) is 0 Å². The van der Waals surface area contributed by atoms with Crippen LogP contribution in [0.5, 0.6) is 0 Å². The third kappa shape index (κ3) is 2.79. The normalized spacial score (nSPS) is 44.5. The first-order valence-electron chi connectivity index (χ1n) is 9.03. The average molecular weight is 356 g/mol. The van der Waals surface area contributed by atoms with E-state index in [4.69, 9.17) is 9.29 Å². The maximum Gasteiger partial charge on any atom is 0.309 e. The lowest BCUT2D eigenvalue weighted by Gasteiger charge is -2.52. The molecule has 5 atom stereocenters. The second-order valence-electron chi connectivity index (χ2n) is 8.16. The van der Waals surface area contributed by atoms with Gasteiger partial charge >= 0.3 is 5.97 Å². The first kappa shape index (κ1) is 16.5. The van der Waals surface area contributed by atoms with Crippen LogP contribution in [0.4, 0.5) is 0 Å². The molecule has 5 rings (SSSR count). The van der Waals surface area contributed by atoms with Gasteiger partial charge in [-0.15, -0.1) is 0 Å². The minimum atomic E-state index is -4.02. The van der Waals surface area contributed by atoms with Gasteiger partial charge in [-0.25, -0.2) is 0 Å². The van der Waals surface area contributed by atoms with Gasteiger partial charge in [0, 0.05) is 5.92 Å². The molecule has 0 aromatic carbocycles. The van der Waals surface area contributed by atoms with E-state index in [0.29, 0.717) is 37.5 Å². The molecule has 0 spiro atoms. The van der Waals surface area contributed by atoms with Crippen LogP contribution in [0.2, 0.25) is 0 Å². The highest BCUT2D eigenvalue weighted by molar-refractivity contribution is 7.86. The smallest absolute Gasteiger partial charge is 0.309 e. The molecule has 4 bridgehead atoms. The van der Waals surface area contributed by atoms with Crippen molar-refractivity contribution < 1.29 is 27.3 Å². The monoisotopic (exact) mass is 356 g/mol. The largest absolute Gasteiger partial charge is 0.461 e. The summed E-state index contributed by atoms with van der Waals surface area (Å²) < 4.78 is 37.3. The summed E-state index contributed by atoms with van der Waals surface area (Å²) in [6.07, 6.45) is 4.96. The van der Waals surface area contributed by atoms with Gasteiger partial charge in [-0.2, -0.15) is 8.42 Å². The zero-order chi connectivity index (χ0) is 17.1. The molecule has 5 unspecified atom stereocenters. The molecule has 134 valence electrons. The Morgan fingerprint density at radius 2 is 1.75 bits per heavy atom. The van der Waals surface area contributed by atoms with Gasteiger partial charge < -0.3 is 4.74 Å². The highest BCUT2D eigenvalue weighted by Gasteiger charge is 2.55. The van der Waals surface area contributed by atoms with E-state index in [2.05, 4.69) is 0 Å². The Morgan fingerprint density at radius 1 is 1.04 bits per heavy atom. The number of ether oxygens (including phenoxy) is 1. The molecule has 7 heteroatoms. The molecule has 24 heavy (non-hydrogen) atoms. The van der Waals surface area contributed by atoms with Gasteiger partial charge in [-0.3, -0.25) is 14.1 Å². The van der Waals surface area contributed by atoms with Crippen LogP contribution in [0.25, 0.3) is 0 Å². The summed E-state index contributed by atoms with van der Waals surface area (Å²) in [5.74, 6) is 0.714. The number of hydrogen-bond donors (Lipinski definition) is 1. The maximum absolute atomic E-state index is 12.5. The second-order valence-corrected chi connectivity index (χ2v) is 9.86. The third-order valence-corrected chi connectivity index (χ3v) is 8.05.